The Bertz CT molecular complexity index is 293. The Labute approximate surface area is 97.3 Å². The van der Waals surface area contributed by atoms with Gasteiger partial charge in [0.15, 0.2) is 0 Å². The van der Waals surface area contributed by atoms with Crippen molar-refractivity contribution >= 4 is 5.97 Å². The van der Waals surface area contributed by atoms with Crippen LogP contribution in [0.1, 0.15) is 44.1 Å². The van der Waals surface area contributed by atoms with Crippen molar-refractivity contribution in [1.82, 2.24) is 0 Å². The summed E-state index contributed by atoms with van der Waals surface area (Å²) < 4.78 is 0. The molecule has 1 rings (SSSR count). The summed E-state index contributed by atoms with van der Waals surface area (Å²) in [6.07, 6.45) is 6.59. The van der Waals surface area contributed by atoms with Gasteiger partial charge in [-0.15, -0.1) is 0 Å². The molecule has 0 bridgehead atoms. The minimum Gasteiger partial charge on any atom is -0.550 e. The third-order valence-corrected chi connectivity index (χ3v) is 2.69. The summed E-state index contributed by atoms with van der Waals surface area (Å²) in [5.41, 5.74) is 1.39. The van der Waals surface area contributed by atoms with Gasteiger partial charge >= 0.3 is 0 Å². The molecule has 2 heteroatoms. The van der Waals surface area contributed by atoms with Gasteiger partial charge in [0.2, 0.25) is 0 Å². The molecule has 0 amide bonds. The molecule has 0 saturated carbocycles. The summed E-state index contributed by atoms with van der Waals surface area (Å²) in [6, 6.07) is 10.5. The van der Waals surface area contributed by atoms with E-state index in [1.165, 1.54) is 18.4 Å². The average molecular weight is 219 g/mol. The van der Waals surface area contributed by atoms with Gasteiger partial charge in [0.1, 0.15) is 0 Å². The van der Waals surface area contributed by atoms with E-state index in [1.54, 1.807) is 0 Å². The third kappa shape index (κ3) is 6.23. The number of hydrogen-bond donors (Lipinski definition) is 0. The second kappa shape index (κ2) is 7.91. The molecule has 0 aromatic heterocycles. The van der Waals surface area contributed by atoms with E-state index < -0.39 is 5.97 Å². The molecule has 0 fully saturated rings. The Morgan fingerprint density at radius 1 is 0.938 bits per heavy atom. The lowest BCUT2D eigenvalue weighted by Crippen LogP contribution is -2.21. The molecule has 0 spiro atoms. The van der Waals surface area contributed by atoms with Crippen LogP contribution in [-0.2, 0) is 11.2 Å². The van der Waals surface area contributed by atoms with Gasteiger partial charge in [-0.3, -0.25) is 0 Å². The lowest BCUT2D eigenvalue weighted by atomic mass is 10.1. The average Bonchev–Trinajstić information content (AvgIpc) is 2.29. The van der Waals surface area contributed by atoms with E-state index in [9.17, 15) is 9.90 Å². The van der Waals surface area contributed by atoms with Gasteiger partial charge in [-0.05, 0) is 31.2 Å². The molecule has 16 heavy (non-hydrogen) atoms. The number of benzene rings is 1. The van der Waals surface area contributed by atoms with Gasteiger partial charge < -0.3 is 9.90 Å². The van der Waals surface area contributed by atoms with Crippen molar-refractivity contribution in [3.8, 4) is 0 Å². The maximum absolute atomic E-state index is 10.2. The standard InChI is InChI=1S/C14H20O2/c15-14(16)12-8-3-1-2-5-9-13-10-6-4-7-11-13/h4,6-7,10-11H,1-3,5,8-9,12H2,(H,15,16)/p-1. The van der Waals surface area contributed by atoms with Crippen LogP contribution in [-0.4, -0.2) is 5.97 Å². The predicted molar refractivity (Wildman–Crippen MR) is 62.9 cm³/mol. The predicted octanol–water partition coefficient (Wildman–Crippen LogP) is 2.32. The molecule has 0 radical (unpaired) electrons. The first-order valence-electron chi connectivity index (χ1n) is 6.03. The fraction of sp³-hybridized carbons (Fsp3) is 0.500. The number of carbonyl (C=O) groups is 1. The number of carboxylic acid groups (broad SMARTS) is 1. The minimum atomic E-state index is -0.927. The molecule has 0 aliphatic heterocycles. The topological polar surface area (TPSA) is 40.1 Å². The number of aryl methyl sites for hydroxylation is 1. The first kappa shape index (κ1) is 12.8. The van der Waals surface area contributed by atoms with Crippen LogP contribution < -0.4 is 5.11 Å². The van der Waals surface area contributed by atoms with Gasteiger partial charge in [0.25, 0.3) is 0 Å². The number of hydrogen-bond acceptors (Lipinski definition) is 2. The van der Waals surface area contributed by atoms with Crippen molar-refractivity contribution in [1.29, 1.82) is 0 Å². The molecule has 0 atom stereocenters. The van der Waals surface area contributed by atoms with Crippen LogP contribution in [0.4, 0.5) is 0 Å². The quantitative estimate of drug-likeness (QED) is 0.629. The lowest BCUT2D eigenvalue weighted by molar-refractivity contribution is -0.305. The normalized spacial score (nSPS) is 10.2. The van der Waals surface area contributed by atoms with E-state index in [-0.39, 0.29) is 6.42 Å². The van der Waals surface area contributed by atoms with E-state index in [1.807, 2.05) is 6.07 Å². The Hall–Kier alpha value is -1.31. The highest BCUT2D eigenvalue weighted by Crippen LogP contribution is 2.09. The number of rotatable bonds is 8. The summed E-state index contributed by atoms with van der Waals surface area (Å²) in [6.45, 7) is 0. The highest BCUT2D eigenvalue weighted by Gasteiger charge is 1.93. The van der Waals surface area contributed by atoms with E-state index in [4.69, 9.17) is 0 Å². The summed E-state index contributed by atoms with van der Waals surface area (Å²) >= 11 is 0. The molecule has 88 valence electrons. The van der Waals surface area contributed by atoms with Crippen LogP contribution in [0.15, 0.2) is 30.3 Å². The molecule has 0 heterocycles. The zero-order chi connectivity index (χ0) is 11.6. The smallest absolute Gasteiger partial charge is 0.0414 e. The van der Waals surface area contributed by atoms with Crippen molar-refractivity contribution in [2.45, 2.75) is 44.9 Å². The Morgan fingerprint density at radius 2 is 1.56 bits per heavy atom. The molecular weight excluding hydrogens is 200 g/mol. The van der Waals surface area contributed by atoms with E-state index in [0.29, 0.717) is 0 Å². The Morgan fingerprint density at radius 3 is 2.25 bits per heavy atom. The van der Waals surface area contributed by atoms with Gasteiger partial charge in [-0.1, -0.05) is 49.6 Å². The van der Waals surface area contributed by atoms with Crippen molar-refractivity contribution in [3.05, 3.63) is 35.9 Å². The maximum atomic E-state index is 10.2. The molecule has 1 aromatic carbocycles. The highest BCUT2D eigenvalue weighted by molar-refractivity contribution is 5.63. The Balaban J connectivity index is 1.94. The van der Waals surface area contributed by atoms with Crippen molar-refractivity contribution in [3.63, 3.8) is 0 Å². The summed E-state index contributed by atoms with van der Waals surface area (Å²) in [5.74, 6) is -0.927. The fourth-order valence-electron chi connectivity index (χ4n) is 1.77. The SMILES string of the molecule is O=C([O-])CCCCCCCc1ccccc1. The molecule has 0 saturated heterocycles. The fourth-order valence-corrected chi connectivity index (χ4v) is 1.77. The summed E-state index contributed by atoms with van der Waals surface area (Å²) in [4.78, 5) is 10.2. The monoisotopic (exact) mass is 219 g/mol. The van der Waals surface area contributed by atoms with Crippen molar-refractivity contribution < 1.29 is 9.90 Å². The second-order valence-electron chi connectivity index (χ2n) is 4.13. The number of carbonyl (C=O) groups excluding carboxylic acids is 1. The Kier molecular flexibility index (Phi) is 6.31. The number of carboxylic acids is 1. The number of aliphatic carboxylic acids is 1. The van der Waals surface area contributed by atoms with Crippen LogP contribution in [0.5, 0.6) is 0 Å². The van der Waals surface area contributed by atoms with Crippen LogP contribution >= 0.6 is 0 Å². The molecule has 0 aliphatic rings. The van der Waals surface area contributed by atoms with Crippen molar-refractivity contribution in [2.75, 3.05) is 0 Å². The summed E-state index contributed by atoms with van der Waals surface area (Å²) in [7, 11) is 0. The maximum Gasteiger partial charge on any atom is 0.0414 e. The van der Waals surface area contributed by atoms with Crippen LogP contribution in [0.2, 0.25) is 0 Å². The third-order valence-electron chi connectivity index (χ3n) is 2.69. The van der Waals surface area contributed by atoms with Crippen LogP contribution in [0.25, 0.3) is 0 Å². The van der Waals surface area contributed by atoms with Gasteiger partial charge in [0.05, 0.1) is 0 Å². The van der Waals surface area contributed by atoms with E-state index >= 15 is 0 Å². The number of unbranched alkanes of at least 4 members (excludes halogenated alkanes) is 4. The van der Waals surface area contributed by atoms with Gasteiger partial charge in [-0.25, -0.2) is 0 Å². The first-order valence-corrected chi connectivity index (χ1v) is 6.03. The van der Waals surface area contributed by atoms with Crippen molar-refractivity contribution in [2.24, 2.45) is 0 Å². The van der Waals surface area contributed by atoms with Crippen LogP contribution in [0, 0.1) is 0 Å². The summed E-state index contributed by atoms with van der Waals surface area (Å²) in [5, 5.41) is 10.2. The van der Waals surface area contributed by atoms with Gasteiger partial charge in [0, 0.05) is 5.97 Å². The molecule has 2 nitrogen and oxygen atoms in total. The minimum absolute atomic E-state index is 0.207. The van der Waals surface area contributed by atoms with E-state index in [2.05, 4.69) is 24.3 Å². The van der Waals surface area contributed by atoms with E-state index in [0.717, 1.165) is 25.7 Å². The second-order valence-corrected chi connectivity index (χ2v) is 4.13. The molecule has 0 N–H and O–H groups in total. The van der Waals surface area contributed by atoms with Gasteiger partial charge in [-0.2, -0.15) is 0 Å². The zero-order valence-electron chi connectivity index (χ0n) is 9.65. The highest BCUT2D eigenvalue weighted by atomic mass is 16.4. The molecule has 0 aliphatic carbocycles. The molecule has 1 aromatic rings. The molecular formula is C14H19O2-. The largest absolute Gasteiger partial charge is 0.550 e. The zero-order valence-corrected chi connectivity index (χ0v) is 9.65. The van der Waals surface area contributed by atoms with Crippen LogP contribution in [0.3, 0.4) is 0 Å². The first-order chi connectivity index (χ1) is 7.79. The lowest BCUT2D eigenvalue weighted by Gasteiger charge is -2.03. The molecule has 0 unspecified atom stereocenters.